The van der Waals surface area contributed by atoms with E-state index in [1.807, 2.05) is 0 Å². The largest absolute Gasteiger partial charge is 0.489 e. The van der Waals surface area contributed by atoms with E-state index >= 15 is 0 Å². The van der Waals surface area contributed by atoms with E-state index in [9.17, 15) is 9.18 Å². The van der Waals surface area contributed by atoms with Crippen LogP contribution in [0.5, 0.6) is 5.75 Å². The number of benzene rings is 1. The number of rotatable bonds is 4. The molecule has 0 aliphatic heterocycles. The minimum atomic E-state index is -0.553. The molecule has 0 spiro atoms. The van der Waals surface area contributed by atoms with Crippen molar-refractivity contribution in [2.75, 3.05) is 6.61 Å². The molecule has 0 fully saturated rings. The van der Waals surface area contributed by atoms with Crippen LogP contribution in [0.2, 0.25) is 0 Å². The maximum atomic E-state index is 13.4. The molecule has 1 aromatic heterocycles. The van der Waals surface area contributed by atoms with Gasteiger partial charge in [0.15, 0.2) is 5.55 Å². The molecule has 2 aromatic rings. The van der Waals surface area contributed by atoms with Gasteiger partial charge in [-0.1, -0.05) is 12.7 Å². The first kappa shape index (κ1) is 12.9. The Kier molecular flexibility index (Phi) is 3.66. The normalized spacial score (nSPS) is 11.5. The Bertz CT molecular complexity index is 758. The third-order valence-corrected chi connectivity index (χ3v) is 2.28. The van der Waals surface area contributed by atoms with Crippen molar-refractivity contribution in [2.45, 2.75) is 0 Å². The van der Waals surface area contributed by atoms with E-state index in [1.54, 1.807) is 12.1 Å². The Morgan fingerprint density at radius 2 is 2.21 bits per heavy atom. The van der Waals surface area contributed by atoms with Crippen LogP contribution in [0.25, 0.3) is 12.7 Å². The second-order valence-electron chi connectivity index (χ2n) is 3.82. The second-order valence-corrected chi connectivity index (χ2v) is 3.82. The lowest BCUT2D eigenvalue weighted by Gasteiger charge is -2.04. The molecule has 5 heteroatoms. The molecule has 19 heavy (non-hydrogen) atoms. The highest BCUT2D eigenvalue weighted by molar-refractivity contribution is 5.51. The monoisotopic (exact) mass is 261 g/mol. The zero-order valence-electron chi connectivity index (χ0n) is 10.1. The highest BCUT2D eigenvalue weighted by Crippen LogP contribution is 2.16. The number of nitrogens with one attached hydrogen (secondary N) is 1. The summed E-state index contributed by atoms with van der Waals surface area (Å²) in [5.41, 5.74) is 0.0758. The number of aromatic amines is 1. The van der Waals surface area contributed by atoms with E-state index in [-0.39, 0.29) is 17.5 Å². The summed E-state index contributed by atoms with van der Waals surface area (Å²) in [6, 6.07) is 4.14. The predicted octanol–water partition coefficient (Wildman–Crippen LogP) is 0.911. The number of H-pyrrole nitrogens is 1. The summed E-state index contributed by atoms with van der Waals surface area (Å²) in [5, 5.41) is 0.199. The van der Waals surface area contributed by atoms with Crippen molar-refractivity contribution >= 4 is 12.7 Å². The fourth-order valence-electron chi connectivity index (χ4n) is 1.56. The quantitative estimate of drug-likeness (QED) is 0.832. The van der Waals surface area contributed by atoms with Gasteiger partial charge in [-0.15, -0.1) is 0 Å². The van der Waals surface area contributed by atoms with Gasteiger partial charge in [0.1, 0.15) is 23.5 Å². The molecule has 0 atom stereocenters. The van der Waals surface area contributed by atoms with Crippen LogP contribution in [0.3, 0.4) is 0 Å². The van der Waals surface area contributed by atoms with Gasteiger partial charge in [-0.3, -0.25) is 0 Å². The van der Waals surface area contributed by atoms with Gasteiger partial charge in [-0.25, -0.2) is 9.18 Å². The lowest BCUT2D eigenvalue weighted by atomic mass is 10.2. The Morgan fingerprint density at radius 1 is 1.42 bits per heavy atom. The molecule has 0 saturated carbocycles. The Hall–Kier alpha value is -2.56. The van der Waals surface area contributed by atoms with Crippen molar-refractivity contribution in [3.8, 4) is 5.75 Å². The second kappa shape index (κ2) is 5.39. The predicted molar refractivity (Wildman–Crippen MR) is 69.8 cm³/mol. The summed E-state index contributed by atoms with van der Waals surface area (Å²) >= 11 is 0. The topological polar surface area (TPSA) is 55.2 Å². The molecule has 0 aliphatic rings. The van der Waals surface area contributed by atoms with Crippen molar-refractivity contribution in [3.05, 3.63) is 63.5 Å². The summed E-state index contributed by atoms with van der Waals surface area (Å²) in [6.45, 7) is 7.25. The number of hydrogen-bond acceptors (Lipinski definition) is 3. The van der Waals surface area contributed by atoms with Gasteiger partial charge < -0.3 is 14.1 Å². The third kappa shape index (κ3) is 3.22. The van der Waals surface area contributed by atoms with Gasteiger partial charge in [-0.2, -0.15) is 0 Å². The molecular weight excluding hydrogens is 249 g/mol. The molecule has 1 heterocycles. The molecule has 1 N–H and O–H groups in total. The molecule has 4 nitrogen and oxygen atoms in total. The molecule has 98 valence electrons. The van der Waals surface area contributed by atoms with Gasteiger partial charge in [0.25, 0.3) is 0 Å². The average Bonchev–Trinajstić information content (AvgIpc) is 2.64. The number of halogens is 1. The van der Waals surface area contributed by atoms with E-state index in [4.69, 9.17) is 9.15 Å². The van der Waals surface area contributed by atoms with E-state index in [2.05, 4.69) is 18.1 Å². The van der Waals surface area contributed by atoms with Crippen LogP contribution in [-0.4, -0.2) is 11.6 Å². The van der Waals surface area contributed by atoms with Crippen molar-refractivity contribution in [3.63, 3.8) is 0 Å². The first-order chi connectivity index (χ1) is 9.08. The number of hydrogen-bond donors (Lipinski definition) is 1. The van der Waals surface area contributed by atoms with Crippen molar-refractivity contribution in [2.24, 2.45) is 0 Å². The minimum Gasteiger partial charge on any atom is -0.489 e. The highest BCUT2D eigenvalue weighted by Gasteiger charge is 2.01. The Labute approximate surface area is 108 Å². The Balaban J connectivity index is 2.45. The fourth-order valence-corrected chi connectivity index (χ4v) is 1.56. The summed E-state index contributed by atoms with van der Waals surface area (Å²) in [4.78, 5) is 14.0. The van der Waals surface area contributed by atoms with Crippen LogP contribution in [0.15, 0.2) is 40.1 Å². The summed E-state index contributed by atoms with van der Waals surface area (Å²) in [7, 11) is 0. The van der Waals surface area contributed by atoms with Gasteiger partial charge in [0.05, 0.1) is 0 Å². The van der Waals surface area contributed by atoms with E-state index in [0.29, 0.717) is 11.3 Å². The van der Waals surface area contributed by atoms with Crippen LogP contribution in [0, 0.1) is 5.82 Å². The minimum absolute atomic E-state index is 0.149. The highest BCUT2D eigenvalue weighted by atomic mass is 19.1. The summed E-state index contributed by atoms with van der Waals surface area (Å²) in [5.74, 6) is -0.101. The SMILES string of the molecule is C=CCOc1cc(F)cc(C=c2[nH]c(=C)oc2=O)c1. The van der Waals surface area contributed by atoms with Crippen LogP contribution in [-0.2, 0) is 0 Å². The molecule has 1 aromatic carbocycles. The first-order valence-corrected chi connectivity index (χ1v) is 5.52. The van der Waals surface area contributed by atoms with Crippen molar-refractivity contribution in [1.29, 1.82) is 0 Å². The zero-order valence-corrected chi connectivity index (χ0v) is 10.1. The Morgan fingerprint density at radius 3 is 2.84 bits per heavy atom. The van der Waals surface area contributed by atoms with Crippen LogP contribution < -0.4 is 21.3 Å². The summed E-state index contributed by atoms with van der Waals surface area (Å²) < 4.78 is 23.4. The lowest BCUT2D eigenvalue weighted by molar-refractivity contribution is 0.361. The van der Waals surface area contributed by atoms with Gasteiger partial charge in [-0.05, 0) is 30.4 Å². The fraction of sp³-hybridized carbons (Fsp3) is 0.0714. The van der Waals surface area contributed by atoms with Crippen LogP contribution >= 0.6 is 0 Å². The van der Waals surface area contributed by atoms with Crippen molar-refractivity contribution < 1.29 is 13.5 Å². The van der Waals surface area contributed by atoms with Gasteiger partial charge in [0, 0.05) is 6.07 Å². The zero-order chi connectivity index (χ0) is 13.8. The first-order valence-electron chi connectivity index (χ1n) is 5.52. The molecule has 0 saturated heterocycles. The number of aromatic nitrogens is 1. The standard InChI is InChI=1S/C14H12FNO3/c1-3-4-18-12-6-10(5-11(15)8-12)7-13-14(17)19-9(2)16-13/h3,5-8,16H,1-2,4H2. The van der Waals surface area contributed by atoms with E-state index < -0.39 is 11.4 Å². The molecule has 0 bridgehead atoms. The van der Waals surface area contributed by atoms with Crippen LogP contribution in [0.1, 0.15) is 5.56 Å². The molecule has 2 rings (SSSR count). The third-order valence-electron chi connectivity index (χ3n) is 2.28. The molecular formula is C14H12FNO3. The molecule has 0 aliphatic carbocycles. The van der Waals surface area contributed by atoms with E-state index in [0.717, 1.165) is 0 Å². The summed E-state index contributed by atoms with van der Waals surface area (Å²) in [6.07, 6.45) is 3.02. The van der Waals surface area contributed by atoms with Gasteiger partial charge in [0.2, 0.25) is 0 Å². The molecule has 0 amide bonds. The smallest absolute Gasteiger partial charge is 0.361 e. The van der Waals surface area contributed by atoms with Gasteiger partial charge >= 0.3 is 5.63 Å². The average molecular weight is 261 g/mol. The number of ether oxygens (including phenoxy) is 1. The van der Waals surface area contributed by atoms with Crippen LogP contribution in [0.4, 0.5) is 4.39 Å². The maximum Gasteiger partial charge on any atom is 0.361 e. The number of oxazole rings is 1. The van der Waals surface area contributed by atoms with Crippen molar-refractivity contribution in [1.82, 2.24) is 4.98 Å². The van der Waals surface area contributed by atoms with E-state index in [1.165, 1.54) is 18.2 Å². The molecule has 0 unspecified atom stereocenters. The molecule has 0 radical (unpaired) electrons. The lowest BCUT2D eigenvalue weighted by Crippen LogP contribution is -2.21. The maximum absolute atomic E-state index is 13.4.